The molecule has 0 amide bonds. The molecule has 2 aromatic heterocycles. The minimum atomic E-state index is -0.350. The van der Waals surface area contributed by atoms with Crippen LogP contribution in [0.15, 0.2) is 18.3 Å². The molecule has 1 aliphatic carbocycles. The van der Waals surface area contributed by atoms with Crippen LogP contribution in [0, 0.1) is 12.8 Å². The first kappa shape index (κ1) is 14.0. The Hall–Kier alpha value is -1.95. The monoisotopic (exact) mass is 304 g/mol. The van der Waals surface area contributed by atoms with E-state index in [1.807, 2.05) is 13.0 Å². The highest BCUT2D eigenvalue weighted by atomic mass is 32.1. The fraction of sp³-hybridized carbons (Fsp3) is 0.400. The van der Waals surface area contributed by atoms with Gasteiger partial charge in [0, 0.05) is 17.8 Å². The van der Waals surface area contributed by atoms with E-state index in [1.165, 1.54) is 11.3 Å². The number of aryl methyl sites for hydroxylation is 1. The van der Waals surface area contributed by atoms with E-state index in [0.717, 1.165) is 28.3 Å². The number of hydrogen-bond donors (Lipinski definition) is 0. The second-order valence-electron chi connectivity index (χ2n) is 5.04. The number of nitrogens with zero attached hydrogens (tertiary/aromatic N) is 2. The van der Waals surface area contributed by atoms with E-state index in [2.05, 4.69) is 9.97 Å². The van der Waals surface area contributed by atoms with E-state index < -0.39 is 0 Å². The molecule has 0 atom stereocenters. The quantitative estimate of drug-likeness (QED) is 0.794. The molecule has 0 radical (unpaired) electrons. The smallest absolute Gasteiger partial charge is 0.358 e. The first-order chi connectivity index (χ1) is 10.2. The molecule has 2 aromatic rings. The van der Waals surface area contributed by atoms with Gasteiger partial charge < -0.3 is 9.47 Å². The highest BCUT2D eigenvalue weighted by Crippen LogP contribution is 2.32. The molecule has 3 rings (SSSR count). The topological polar surface area (TPSA) is 61.3 Å². The van der Waals surface area contributed by atoms with Gasteiger partial charge in [-0.05, 0) is 31.7 Å². The molecule has 1 aliphatic rings. The summed E-state index contributed by atoms with van der Waals surface area (Å²) in [6.45, 7) is 2.37. The van der Waals surface area contributed by atoms with E-state index >= 15 is 0 Å². The van der Waals surface area contributed by atoms with Gasteiger partial charge in [0.25, 0.3) is 0 Å². The number of hydrogen-bond acceptors (Lipinski definition) is 6. The zero-order valence-electron chi connectivity index (χ0n) is 12.0. The van der Waals surface area contributed by atoms with Crippen LogP contribution in [0.25, 0.3) is 10.4 Å². The Bertz CT molecular complexity index is 647. The van der Waals surface area contributed by atoms with Crippen molar-refractivity contribution in [3.63, 3.8) is 0 Å². The maximum atomic E-state index is 12.2. The first-order valence-electron chi connectivity index (χ1n) is 6.82. The zero-order valence-corrected chi connectivity index (χ0v) is 12.8. The summed E-state index contributed by atoms with van der Waals surface area (Å²) in [5.41, 5.74) is 1.23. The number of rotatable bonds is 5. The second-order valence-corrected chi connectivity index (χ2v) is 6.24. The summed E-state index contributed by atoms with van der Waals surface area (Å²) in [7, 11) is 1.57. The van der Waals surface area contributed by atoms with Crippen molar-refractivity contribution in [1.29, 1.82) is 0 Å². The van der Waals surface area contributed by atoms with Crippen molar-refractivity contribution in [2.24, 2.45) is 5.92 Å². The number of carbonyl (C=O) groups excluding carboxylic acids is 1. The number of esters is 1. The van der Waals surface area contributed by atoms with Crippen LogP contribution in [0.1, 0.15) is 28.3 Å². The van der Waals surface area contributed by atoms with E-state index in [1.54, 1.807) is 19.4 Å². The van der Waals surface area contributed by atoms with Crippen molar-refractivity contribution in [3.05, 3.63) is 29.0 Å². The van der Waals surface area contributed by atoms with Gasteiger partial charge in [-0.25, -0.2) is 14.8 Å². The van der Waals surface area contributed by atoms with E-state index in [-0.39, 0.29) is 5.97 Å². The molecular weight excluding hydrogens is 288 g/mol. The average molecular weight is 304 g/mol. The molecule has 0 N–H and O–H groups in total. The lowest BCUT2D eigenvalue weighted by Gasteiger charge is -2.04. The standard InChI is InChI=1S/C15H16N2O3S/c1-9-17-13(15(18)20-8-10-3-4-10)14(21-9)11-5-6-12(19-2)16-7-11/h5-7,10H,3-4,8H2,1-2H3. The van der Waals surface area contributed by atoms with Gasteiger partial charge in [-0.2, -0.15) is 0 Å². The van der Waals surface area contributed by atoms with Crippen molar-refractivity contribution in [2.75, 3.05) is 13.7 Å². The lowest BCUT2D eigenvalue weighted by molar-refractivity contribution is 0.0481. The summed E-state index contributed by atoms with van der Waals surface area (Å²) < 4.78 is 10.4. The number of methoxy groups -OCH3 is 1. The van der Waals surface area contributed by atoms with Gasteiger partial charge >= 0.3 is 5.97 Å². The van der Waals surface area contributed by atoms with Crippen molar-refractivity contribution in [3.8, 4) is 16.3 Å². The van der Waals surface area contributed by atoms with Gasteiger partial charge in [0.1, 0.15) is 0 Å². The SMILES string of the molecule is COc1ccc(-c2sc(C)nc2C(=O)OCC2CC2)cn1. The summed E-state index contributed by atoms with van der Waals surface area (Å²) in [5, 5.41) is 0.833. The van der Waals surface area contributed by atoms with E-state index in [4.69, 9.17) is 9.47 Å². The lowest BCUT2D eigenvalue weighted by atomic mass is 10.2. The normalized spacial score (nSPS) is 14.0. The summed E-state index contributed by atoms with van der Waals surface area (Å²) in [6.07, 6.45) is 3.99. The molecule has 0 spiro atoms. The van der Waals surface area contributed by atoms with Gasteiger partial charge in [0.15, 0.2) is 5.69 Å². The van der Waals surface area contributed by atoms with E-state index in [0.29, 0.717) is 24.1 Å². The number of pyridine rings is 1. The molecule has 0 aromatic carbocycles. The molecule has 0 saturated heterocycles. The van der Waals surface area contributed by atoms with Crippen LogP contribution in [0.3, 0.4) is 0 Å². The van der Waals surface area contributed by atoms with Gasteiger partial charge in [-0.15, -0.1) is 11.3 Å². The van der Waals surface area contributed by atoms with E-state index in [9.17, 15) is 4.79 Å². The van der Waals surface area contributed by atoms with Gasteiger partial charge in [0.2, 0.25) is 5.88 Å². The van der Waals surface area contributed by atoms with Gasteiger partial charge in [-0.1, -0.05) is 0 Å². The first-order valence-corrected chi connectivity index (χ1v) is 7.64. The van der Waals surface area contributed by atoms with Gasteiger partial charge in [-0.3, -0.25) is 0 Å². The van der Waals surface area contributed by atoms with Crippen molar-refractivity contribution in [1.82, 2.24) is 9.97 Å². The Kier molecular flexibility index (Phi) is 3.88. The van der Waals surface area contributed by atoms with Crippen molar-refractivity contribution in [2.45, 2.75) is 19.8 Å². The van der Waals surface area contributed by atoms with Crippen molar-refractivity contribution < 1.29 is 14.3 Å². The summed E-state index contributed by atoms with van der Waals surface area (Å²) in [6, 6.07) is 3.64. The third-order valence-electron chi connectivity index (χ3n) is 3.28. The van der Waals surface area contributed by atoms with Crippen molar-refractivity contribution >= 4 is 17.3 Å². The highest BCUT2D eigenvalue weighted by Gasteiger charge is 2.25. The largest absolute Gasteiger partial charge is 0.481 e. The Morgan fingerprint density at radius 3 is 2.86 bits per heavy atom. The fourth-order valence-corrected chi connectivity index (χ4v) is 2.84. The highest BCUT2D eigenvalue weighted by molar-refractivity contribution is 7.15. The molecule has 2 heterocycles. The molecule has 0 bridgehead atoms. The number of ether oxygens (including phenoxy) is 2. The molecule has 1 saturated carbocycles. The number of carbonyl (C=O) groups is 1. The second kappa shape index (κ2) is 5.81. The predicted octanol–water partition coefficient (Wildman–Crippen LogP) is 3.09. The zero-order chi connectivity index (χ0) is 14.8. The number of thiazole rings is 1. The summed E-state index contributed by atoms with van der Waals surface area (Å²) in [4.78, 5) is 21.5. The summed E-state index contributed by atoms with van der Waals surface area (Å²) in [5.74, 6) is 0.731. The Morgan fingerprint density at radius 1 is 1.43 bits per heavy atom. The molecular formula is C15H16N2O3S. The van der Waals surface area contributed by atoms with Crippen LogP contribution in [0.5, 0.6) is 5.88 Å². The molecule has 5 nitrogen and oxygen atoms in total. The lowest BCUT2D eigenvalue weighted by Crippen LogP contribution is -2.09. The van der Waals surface area contributed by atoms with Crippen LogP contribution in [0.2, 0.25) is 0 Å². The average Bonchev–Trinajstić information content (AvgIpc) is 3.25. The minimum absolute atomic E-state index is 0.350. The van der Waals surface area contributed by atoms with Crippen LogP contribution in [-0.4, -0.2) is 29.7 Å². The maximum absolute atomic E-state index is 12.2. The minimum Gasteiger partial charge on any atom is -0.481 e. The number of aromatic nitrogens is 2. The Labute approximate surface area is 127 Å². The van der Waals surface area contributed by atoms with Crippen LogP contribution in [0.4, 0.5) is 0 Å². The molecule has 6 heteroatoms. The van der Waals surface area contributed by atoms with Crippen LogP contribution >= 0.6 is 11.3 Å². The Balaban J connectivity index is 1.84. The third-order valence-corrected chi connectivity index (χ3v) is 4.30. The maximum Gasteiger partial charge on any atom is 0.358 e. The molecule has 0 aliphatic heterocycles. The van der Waals surface area contributed by atoms with Gasteiger partial charge in [0.05, 0.1) is 23.6 Å². The molecule has 1 fully saturated rings. The Morgan fingerprint density at radius 2 is 2.24 bits per heavy atom. The molecule has 0 unspecified atom stereocenters. The summed E-state index contributed by atoms with van der Waals surface area (Å²) >= 11 is 1.47. The third kappa shape index (κ3) is 3.21. The predicted molar refractivity (Wildman–Crippen MR) is 79.6 cm³/mol. The molecule has 21 heavy (non-hydrogen) atoms. The molecule has 110 valence electrons. The van der Waals surface area contributed by atoms with Crippen LogP contribution in [-0.2, 0) is 4.74 Å². The fourth-order valence-electron chi connectivity index (χ4n) is 1.94. The van der Waals surface area contributed by atoms with Crippen LogP contribution < -0.4 is 4.74 Å².